The Bertz CT molecular complexity index is 426. The van der Waals surface area contributed by atoms with Gasteiger partial charge in [-0.3, -0.25) is 9.58 Å². The average Bonchev–Trinajstić information content (AvgIpc) is 2.68. The summed E-state index contributed by atoms with van der Waals surface area (Å²) in [6.45, 7) is 20.8. The molecule has 1 unspecified atom stereocenters. The number of hydrogen-bond acceptors (Lipinski definition) is 3. The predicted molar refractivity (Wildman–Crippen MR) is 90.8 cm³/mol. The van der Waals surface area contributed by atoms with Crippen molar-refractivity contribution < 1.29 is 0 Å². The third-order valence-corrected chi connectivity index (χ3v) is 4.32. The molecule has 1 heterocycles. The standard InChI is InChI=1S/C17H34N4/c1-9-21-16(8)17(15(7)19-21)14(6)18-10-11-20(12(2)3)13(4)5/h12-14,18H,9-11H2,1-8H3. The highest BCUT2D eigenvalue weighted by Gasteiger charge is 2.18. The molecule has 1 aromatic rings. The maximum absolute atomic E-state index is 4.62. The molecule has 0 saturated carbocycles. The zero-order chi connectivity index (χ0) is 16.2. The lowest BCUT2D eigenvalue weighted by Gasteiger charge is -2.31. The molecule has 1 aromatic heterocycles. The molecule has 1 N–H and O–H groups in total. The second kappa shape index (κ2) is 7.95. The molecule has 1 rings (SSSR count). The van der Waals surface area contributed by atoms with E-state index < -0.39 is 0 Å². The summed E-state index contributed by atoms with van der Waals surface area (Å²) >= 11 is 0. The zero-order valence-electron chi connectivity index (χ0n) is 15.2. The highest BCUT2D eigenvalue weighted by atomic mass is 15.3. The summed E-state index contributed by atoms with van der Waals surface area (Å²) in [5.74, 6) is 0. The second-order valence-corrected chi connectivity index (χ2v) is 6.50. The van der Waals surface area contributed by atoms with Crippen molar-refractivity contribution in [2.75, 3.05) is 13.1 Å². The zero-order valence-corrected chi connectivity index (χ0v) is 15.2. The minimum atomic E-state index is 0.353. The van der Waals surface area contributed by atoms with E-state index in [1.807, 2.05) is 0 Å². The molecule has 4 heteroatoms. The molecule has 1 atom stereocenters. The van der Waals surface area contributed by atoms with E-state index in [1.54, 1.807) is 0 Å². The molecule has 0 aliphatic heterocycles. The first-order valence-corrected chi connectivity index (χ1v) is 8.32. The fourth-order valence-corrected chi connectivity index (χ4v) is 3.27. The largest absolute Gasteiger partial charge is 0.309 e. The summed E-state index contributed by atoms with van der Waals surface area (Å²) in [5.41, 5.74) is 3.80. The SMILES string of the molecule is CCn1nc(C)c(C(C)NCCN(C(C)C)C(C)C)c1C. The molecule has 21 heavy (non-hydrogen) atoms. The Morgan fingerprint density at radius 1 is 1.10 bits per heavy atom. The van der Waals surface area contributed by atoms with Gasteiger partial charge < -0.3 is 5.32 Å². The fraction of sp³-hybridized carbons (Fsp3) is 0.824. The van der Waals surface area contributed by atoms with Gasteiger partial charge in [-0.25, -0.2) is 0 Å². The van der Waals surface area contributed by atoms with Crippen LogP contribution in [-0.2, 0) is 6.54 Å². The van der Waals surface area contributed by atoms with Crippen molar-refractivity contribution in [3.05, 3.63) is 17.0 Å². The van der Waals surface area contributed by atoms with Crippen LogP contribution in [0.25, 0.3) is 0 Å². The van der Waals surface area contributed by atoms with E-state index in [0.717, 1.165) is 25.3 Å². The van der Waals surface area contributed by atoms with Gasteiger partial charge in [0.2, 0.25) is 0 Å². The molecule has 0 aromatic carbocycles. The van der Waals surface area contributed by atoms with Crippen molar-refractivity contribution in [2.24, 2.45) is 0 Å². The monoisotopic (exact) mass is 294 g/mol. The highest BCUT2D eigenvalue weighted by Crippen LogP contribution is 2.21. The summed E-state index contributed by atoms with van der Waals surface area (Å²) in [6.07, 6.45) is 0. The number of nitrogens with one attached hydrogen (secondary N) is 1. The molecule has 122 valence electrons. The minimum Gasteiger partial charge on any atom is -0.309 e. The van der Waals surface area contributed by atoms with Crippen molar-refractivity contribution in [1.82, 2.24) is 20.0 Å². The van der Waals surface area contributed by atoms with E-state index in [-0.39, 0.29) is 0 Å². The van der Waals surface area contributed by atoms with Crippen LogP contribution < -0.4 is 5.32 Å². The van der Waals surface area contributed by atoms with Gasteiger partial charge >= 0.3 is 0 Å². The van der Waals surface area contributed by atoms with Crippen LogP contribution in [0.15, 0.2) is 0 Å². The molecule has 0 bridgehead atoms. The normalized spacial score (nSPS) is 13.7. The summed E-state index contributed by atoms with van der Waals surface area (Å²) in [6, 6.07) is 1.54. The van der Waals surface area contributed by atoms with Gasteiger partial charge in [0, 0.05) is 49.0 Å². The van der Waals surface area contributed by atoms with Crippen LogP contribution in [0.5, 0.6) is 0 Å². The Kier molecular flexibility index (Phi) is 6.88. The van der Waals surface area contributed by atoms with E-state index in [0.29, 0.717) is 18.1 Å². The molecule has 0 aliphatic rings. The first-order valence-electron chi connectivity index (χ1n) is 8.32. The Morgan fingerprint density at radius 2 is 1.67 bits per heavy atom. The number of aromatic nitrogens is 2. The molecule has 0 amide bonds. The van der Waals surface area contributed by atoms with Crippen molar-refractivity contribution in [2.45, 2.75) is 80.1 Å². The number of rotatable bonds is 8. The fourth-order valence-electron chi connectivity index (χ4n) is 3.27. The van der Waals surface area contributed by atoms with Gasteiger partial charge in [0.15, 0.2) is 0 Å². The first-order chi connectivity index (χ1) is 9.79. The highest BCUT2D eigenvalue weighted by molar-refractivity contribution is 5.27. The topological polar surface area (TPSA) is 33.1 Å². The third kappa shape index (κ3) is 4.55. The van der Waals surface area contributed by atoms with Gasteiger partial charge in [0.1, 0.15) is 0 Å². The van der Waals surface area contributed by atoms with Crippen LogP contribution in [0.4, 0.5) is 0 Å². The Hall–Kier alpha value is -0.870. The average molecular weight is 294 g/mol. The lowest BCUT2D eigenvalue weighted by atomic mass is 10.1. The van der Waals surface area contributed by atoms with Gasteiger partial charge in [0.25, 0.3) is 0 Å². The van der Waals surface area contributed by atoms with Crippen LogP contribution in [0, 0.1) is 13.8 Å². The quantitative estimate of drug-likeness (QED) is 0.798. The smallest absolute Gasteiger partial charge is 0.0644 e. The van der Waals surface area contributed by atoms with E-state index in [1.165, 1.54) is 11.3 Å². The Labute approximate surface area is 130 Å². The molecule has 4 nitrogen and oxygen atoms in total. The van der Waals surface area contributed by atoms with Crippen LogP contribution in [0.2, 0.25) is 0 Å². The molecular formula is C17H34N4. The summed E-state index contributed by atoms with van der Waals surface area (Å²) in [5, 5.41) is 8.28. The van der Waals surface area contributed by atoms with E-state index >= 15 is 0 Å². The van der Waals surface area contributed by atoms with Gasteiger partial charge in [-0.05, 0) is 55.4 Å². The van der Waals surface area contributed by atoms with Gasteiger partial charge in [-0.2, -0.15) is 5.10 Å². The summed E-state index contributed by atoms with van der Waals surface area (Å²) < 4.78 is 2.09. The van der Waals surface area contributed by atoms with Crippen molar-refractivity contribution in [1.29, 1.82) is 0 Å². The molecule has 0 radical (unpaired) electrons. The Morgan fingerprint density at radius 3 is 2.10 bits per heavy atom. The number of nitrogens with zero attached hydrogens (tertiary/aromatic N) is 3. The van der Waals surface area contributed by atoms with Crippen LogP contribution in [0.1, 0.15) is 64.5 Å². The maximum atomic E-state index is 4.62. The second-order valence-electron chi connectivity index (χ2n) is 6.50. The first kappa shape index (κ1) is 18.2. The van der Waals surface area contributed by atoms with Crippen LogP contribution in [0.3, 0.4) is 0 Å². The number of hydrogen-bond donors (Lipinski definition) is 1. The molecule has 0 saturated heterocycles. The minimum absolute atomic E-state index is 0.353. The van der Waals surface area contributed by atoms with Crippen LogP contribution in [-0.4, -0.2) is 39.9 Å². The van der Waals surface area contributed by atoms with Gasteiger partial charge in [-0.15, -0.1) is 0 Å². The van der Waals surface area contributed by atoms with Crippen LogP contribution >= 0.6 is 0 Å². The van der Waals surface area contributed by atoms with Crippen molar-refractivity contribution >= 4 is 0 Å². The molecule has 0 spiro atoms. The van der Waals surface area contributed by atoms with Gasteiger partial charge in [0.05, 0.1) is 5.69 Å². The lowest BCUT2D eigenvalue weighted by Crippen LogP contribution is -2.41. The number of aryl methyl sites for hydroxylation is 2. The van der Waals surface area contributed by atoms with Gasteiger partial charge in [-0.1, -0.05) is 0 Å². The van der Waals surface area contributed by atoms with Crippen molar-refractivity contribution in [3.63, 3.8) is 0 Å². The molecule has 0 aliphatic carbocycles. The molecular weight excluding hydrogens is 260 g/mol. The summed E-state index contributed by atoms with van der Waals surface area (Å²) in [4.78, 5) is 2.52. The third-order valence-electron chi connectivity index (χ3n) is 4.32. The van der Waals surface area contributed by atoms with Crippen molar-refractivity contribution in [3.8, 4) is 0 Å². The molecule has 0 fully saturated rings. The van der Waals surface area contributed by atoms with E-state index in [2.05, 4.69) is 75.4 Å². The maximum Gasteiger partial charge on any atom is 0.0644 e. The van der Waals surface area contributed by atoms with E-state index in [9.17, 15) is 0 Å². The predicted octanol–water partition coefficient (Wildman–Crippen LogP) is 3.29. The lowest BCUT2D eigenvalue weighted by molar-refractivity contribution is 0.174. The Balaban J connectivity index is 2.62. The van der Waals surface area contributed by atoms with E-state index in [4.69, 9.17) is 0 Å². The summed E-state index contributed by atoms with van der Waals surface area (Å²) in [7, 11) is 0.